The van der Waals surface area contributed by atoms with Gasteiger partial charge in [0.15, 0.2) is 17.2 Å². The molecule has 2 aromatic heterocycles. The first-order chi connectivity index (χ1) is 17.5. The second kappa shape index (κ2) is 8.28. The van der Waals surface area contributed by atoms with E-state index in [9.17, 15) is 22.0 Å². The summed E-state index contributed by atoms with van der Waals surface area (Å²) in [5.74, 6) is -1.12. The van der Waals surface area contributed by atoms with Crippen LogP contribution in [0.25, 0.3) is 5.69 Å². The SMILES string of the molecule is C[C@H](Nc1cc(-n2nc(C(F)(F)F)c3c2C2(CCC3)OCCO2)ccn1)c1ccc2c(c1)OC(F)(F)O2. The van der Waals surface area contributed by atoms with Crippen LogP contribution in [0, 0.1) is 0 Å². The molecule has 1 atom stereocenters. The van der Waals surface area contributed by atoms with Gasteiger partial charge in [-0.3, -0.25) is 0 Å². The van der Waals surface area contributed by atoms with Crippen LogP contribution >= 0.6 is 0 Å². The van der Waals surface area contributed by atoms with Gasteiger partial charge in [-0.15, -0.1) is 8.78 Å². The van der Waals surface area contributed by atoms with Crippen molar-refractivity contribution in [1.82, 2.24) is 14.8 Å². The van der Waals surface area contributed by atoms with Crippen LogP contribution in [0.5, 0.6) is 11.5 Å². The lowest BCUT2D eigenvalue weighted by Crippen LogP contribution is -2.34. The van der Waals surface area contributed by atoms with Crippen LogP contribution in [0.4, 0.5) is 27.8 Å². The zero-order chi connectivity index (χ0) is 26.0. The van der Waals surface area contributed by atoms with E-state index in [-0.39, 0.29) is 42.4 Å². The van der Waals surface area contributed by atoms with E-state index >= 15 is 0 Å². The van der Waals surface area contributed by atoms with Crippen molar-refractivity contribution in [3.63, 3.8) is 0 Å². The van der Waals surface area contributed by atoms with Crippen LogP contribution in [-0.2, 0) is 27.9 Å². The molecule has 0 saturated carbocycles. The van der Waals surface area contributed by atoms with Gasteiger partial charge in [-0.1, -0.05) is 6.07 Å². The summed E-state index contributed by atoms with van der Waals surface area (Å²) in [5.41, 5.74) is 0.289. The quantitative estimate of drug-likeness (QED) is 0.463. The fraction of sp³-hybridized carbons (Fsp3) is 0.417. The van der Waals surface area contributed by atoms with E-state index < -0.39 is 30.0 Å². The summed E-state index contributed by atoms with van der Waals surface area (Å²) >= 11 is 0. The van der Waals surface area contributed by atoms with Gasteiger partial charge in [0.2, 0.25) is 5.79 Å². The number of hydrogen-bond acceptors (Lipinski definition) is 7. The van der Waals surface area contributed by atoms with Gasteiger partial charge in [0.05, 0.1) is 24.9 Å². The smallest absolute Gasteiger partial charge is 0.395 e. The van der Waals surface area contributed by atoms with Crippen LogP contribution in [0.15, 0.2) is 36.5 Å². The standard InChI is InChI=1S/C24H21F5N4O4/c1-13(14-4-5-17-18(11-14)37-24(28,29)36-17)31-19-12-15(6-8-30-19)33-21-16(20(32-33)23(25,26)27)3-2-7-22(21)34-9-10-35-22/h4-6,8,11-13H,2-3,7,9-10H2,1H3,(H,30,31)/t13-/m0/s1. The van der Waals surface area contributed by atoms with Gasteiger partial charge in [0, 0.05) is 24.2 Å². The van der Waals surface area contributed by atoms with Crippen LogP contribution in [0.3, 0.4) is 0 Å². The molecule has 13 heteroatoms. The Bertz CT molecular complexity index is 1350. The molecule has 3 aromatic rings. The molecule has 0 radical (unpaired) electrons. The van der Waals surface area contributed by atoms with Crippen molar-refractivity contribution in [3.05, 3.63) is 59.0 Å². The molecule has 0 amide bonds. The first kappa shape index (κ1) is 23.9. The largest absolute Gasteiger partial charge is 0.586 e. The summed E-state index contributed by atoms with van der Waals surface area (Å²) in [6.07, 6.45) is -5.84. The zero-order valence-electron chi connectivity index (χ0n) is 19.4. The highest BCUT2D eigenvalue weighted by Crippen LogP contribution is 2.47. The molecule has 37 heavy (non-hydrogen) atoms. The Balaban J connectivity index is 1.34. The number of fused-ring (bicyclic) bond motifs is 3. The molecule has 1 fully saturated rings. The summed E-state index contributed by atoms with van der Waals surface area (Å²) in [4.78, 5) is 4.27. The number of hydrogen-bond donors (Lipinski definition) is 1. The minimum atomic E-state index is -4.65. The average Bonchev–Trinajstić information content (AvgIpc) is 3.53. The van der Waals surface area contributed by atoms with E-state index in [1.54, 1.807) is 25.1 Å². The number of halogens is 5. The maximum absolute atomic E-state index is 13.9. The van der Waals surface area contributed by atoms with Gasteiger partial charge in [-0.2, -0.15) is 18.3 Å². The fourth-order valence-corrected chi connectivity index (χ4v) is 5.02. The molecular formula is C24H21F5N4O4. The van der Waals surface area contributed by atoms with Gasteiger partial charge >= 0.3 is 12.5 Å². The number of nitrogens with one attached hydrogen (secondary N) is 1. The van der Waals surface area contributed by atoms with Crippen molar-refractivity contribution in [1.29, 1.82) is 0 Å². The number of nitrogens with zero attached hydrogens (tertiary/aromatic N) is 3. The van der Waals surface area contributed by atoms with E-state index in [0.29, 0.717) is 29.9 Å². The van der Waals surface area contributed by atoms with Gasteiger partial charge in [0.25, 0.3) is 0 Å². The third-order valence-corrected chi connectivity index (χ3v) is 6.58. The molecule has 2 aliphatic heterocycles. The minimum absolute atomic E-state index is 0.0671. The van der Waals surface area contributed by atoms with E-state index in [1.165, 1.54) is 23.0 Å². The predicted octanol–water partition coefficient (Wildman–Crippen LogP) is 5.32. The lowest BCUT2D eigenvalue weighted by molar-refractivity contribution is -0.286. The molecule has 1 aliphatic carbocycles. The first-order valence-corrected chi connectivity index (χ1v) is 11.6. The number of pyridine rings is 1. The monoisotopic (exact) mass is 524 g/mol. The molecule has 1 saturated heterocycles. The maximum atomic E-state index is 13.9. The van der Waals surface area contributed by atoms with E-state index in [4.69, 9.17) is 9.47 Å². The molecule has 196 valence electrons. The summed E-state index contributed by atoms with van der Waals surface area (Å²) in [5, 5.41) is 7.10. The van der Waals surface area contributed by atoms with Crippen LogP contribution in [0.1, 0.15) is 48.3 Å². The highest BCUT2D eigenvalue weighted by molar-refractivity contribution is 5.51. The van der Waals surface area contributed by atoms with Crippen LogP contribution < -0.4 is 14.8 Å². The molecule has 1 N–H and O–H groups in total. The van der Waals surface area contributed by atoms with Gasteiger partial charge in [-0.25, -0.2) is 9.67 Å². The lowest BCUT2D eigenvalue weighted by atomic mass is 9.90. The average molecular weight is 524 g/mol. The Labute approximate surface area is 207 Å². The van der Waals surface area contributed by atoms with Crippen LogP contribution in [0.2, 0.25) is 0 Å². The van der Waals surface area contributed by atoms with Crippen molar-refractivity contribution >= 4 is 5.82 Å². The van der Waals surface area contributed by atoms with Crippen LogP contribution in [-0.4, -0.2) is 34.3 Å². The molecule has 1 aromatic carbocycles. The summed E-state index contributed by atoms with van der Waals surface area (Å²) in [7, 11) is 0. The molecule has 8 nitrogen and oxygen atoms in total. The number of rotatable bonds is 4. The Kier molecular flexibility index (Phi) is 5.35. The normalized spacial score (nSPS) is 20.2. The number of alkyl halides is 5. The van der Waals surface area contributed by atoms with Crippen molar-refractivity contribution in [3.8, 4) is 17.2 Å². The molecule has 4 heterocycles. The highest BCUT2D eigenvalue weighted by Gasteiger charge is 2.50. The van der Waals surface area contributed by atoms with Crippen molar-refractivity contribution in [2.75, 3.05) is 18.5 Å². The maximum Gasteiger partial charge on any atom is 0.586 e. The summed E-state index contributed by atoms with van der Waals surface area (Å²) < 4.78 is 90.3. The molecular weight excluding hydrogens is 503 g/mol. The number of anilines is 1. The van der Waals surface area contributed by atoms with Gasteiger partial charge in [0.1, 0.15) is 11.5 Å². The third-order valence-electron chi connectivity index (χ3n) is 6.58. The van der Waals surface area contributed by atoms with Crippen molar-refractivity contribution in [2.45, 2.75) is 50.5 Å². The lowest BCUT2D eigenvalue weighted by Gasteiger charge is -2.32. The predicted molar refractivity (Wildman–Crippen MR) is 118 cm³/mol. The second-order valence-electron chi connectivity index (χ2n) is 9.03. The fourth-order valence-electron chi connectivity index (χ4n) is 5.02. The number of benzene rings is 1. The van der Waals surface area contributed by atoms with E-state index in [2.05, 4.69) is 24.9 Å². The molecule has 0 bridgehead atoms. The Morgan fingerprint density at radius 1 is 1.05 bits per heavy atom. The Morgan fingerprint density at radius 3 is 2.57 bits per heavy atom. The van der Waals surface area contributed by atoms with Crippen molar-refractivity contribution < 1.29 is 40.9 Å². The first-order valence-electron chi connectivity index (χ1n) is 11.6. The zero-order valence-corrected chi connectivity index (χ0v) is 19.4. The number of ether oxygens (including phenoxy) is 4. The number of aromatic nitrogens is 3. The summed E-state index contributed by atoms with van der Waals surface area (Å²) in [6, 6.07) is 7.09. The van der Waals surface area contributed by atoms with E-state index in [1.807, 2.05) is 0 Å². The third kappa shape index (κ3) is 4.15. The topological polar surface area (TPSA) is 79.7 Å². The second-order valence-corrected chi connectivity index (χ2v) is 9.03. The molecule has 1 spiro atoms. The Morgan fingerprint density at radius 2 is 1.81 bits per heavy atom. The molecule has 0 unspecified atom stereocenters. The molecule has 6 rings (SSSR count). The van der Waals surface area contributed by atoms with E-state index in [0.717, 1.165) is 0 Å². The molecule has 3 aliphatic rings. The summed E-state index contributed by atoms with van der Waals surface area (Å²) in [6.45, 7) is 2.32. The Hall–Kier alpha value is -3.45. The van der Waals surface area contributed by atoms with Gasteiger partial charge in [-0.05, 0) is 43.5 Å². The van der Waals surface area contributed by atoms with Crippen molar-refractivity contribution in [2.24, 2.45) is 0 Å². The van der Waals surface area contributed by atoms with Gasteiger partial charge < -0.3 is 24.3 Å². The highest BCUT2D eigenvalue weighted by atomic mass is 19.4. The minimum Gasteiger partial charge on any atom is -0.395 e.